The lowest BCUT2D eigenvalue weighted by Gasteiger charge is -2.23. The molecule has 0 aliphatic carbocycles. The zero-order chi connectivity index (χ0) is 18.3. The van der Waals surface area contributed by atoms with Crippen LogP contribution in [0.3, 0.4) is 0 Å². The number of esters is 2. The first-order chi connectivity index (χ1) is 10.3. The van der Waals surface area contributed by atoms with Crippen LogP contribution in [0.2, 0.25) is 0 Å². The highest BCUT2D eigenvalue weighted by Crippen LogP contribution is 2.19. The number of hydrogen-bond donors (Lipinski definition) is 0. The zero-order valence-corrected chi connectivity index (χ0v) is 15.6. The fourth-order valence-corrected chi connectivity index (χ4v) is 1.21. The number of ether oxygens (including phenoxy) is 2. The van der Waals surface area contributed by atoms with Crippen LogP contribution in [0.25, 0.3) is 0 Å². The summed E-state index contributed by atoms with van der Waals surface area (Å²) in [5.41, 5.74) is 0.132. The molecule has 1 aromatic carbocycles. The third-order valence-corrected chi connectivity index (χ3v) is 2.71. The van der Waals surface area contributed by atoms with Crippen LogP contribution in [0, 0.1) is 17.8 Å². The van der Waals surface area contributed by atoms with Gasteiger partial charge in [0, 0.05) is 6.92 Å². The maximum absolute atomic E-state index is 11.5. The second kappa shape index (κ2) is 8.70. The van der Waals surface area contributed by atoms with Gasteiger partial charge in [-0.15, -0.1) is 0 Å². The van der Waals surface area contributed by atoms with E-state index in [9.17, 15) is 9.59 Å². The molecule has 1 aromatic rings. The summed E-state index contributed by atoms with van der Waals surface area (Å²) in [6.07, 6.45) is -0.849. The van der Waals surface area contributed by atoms with Crippen molar-refractivity contribution >= 4 is 11.9 Å². The average molecular weight is 322 g/mol. The van der Waals surface area contributed by atoms with E-state index in [0.717, 1.165) is 0 Å². The van der Waals surface area contributed by atoms with Crippen molar-refractivity contribution in [2.75, 3.05) is 0 Å². The minimum absolute atomic E-state index is 0.387. The number of carbonyl (C=O) groups is 2. The normalized spacial score (nSPS) is 11.3. The molecule has 130 valence electrons. The van der Waals surface area contributed by atoms with Crippen LogP contribution in [0.1, 0.15) is 54.0 Å². The molecule has 0 aromatic heterocycles. The van der Waals surface area contributed by atoms with Crippen LogP contribution in [0.4, 0.5) is 0 Å². The van der Waals surface area contributed by atoms with Crippen molar-refractivity contribution in [2.24, 2.45) is 10.8 Å². The van der Waals surface area contributed by atoms with Gasteiger partial charge in [0.15, 0.2) is 0 Å². The summed E-state index contributed by atoms with van der Waals surface area (Å²) >= 11 is 0. The largest absolute Gasteiger partial charge is 0.425 e. The minimum Gasteiger partial charge on any atom is -0.425 e. The number of rotatable bonds is 2. The summed E-state index contributed by atoms with van der Waals surface area (Å²) in [5, 5.41) is 0. The molecule has 0 saturated heterocycles. The van der Waals surface area contributed by atoms with Gasteiger partial charge in [-0.2, -0.15) is 0 Å². The van der Waals surface area contributed by atoms with Crippen molar-refractivity contribution in [1.82, 2.24) is 0 Å². The van der Waals surface area contributed by atoms with Gasteiger partial charge in [-0.1, -0.05) is 35.9 Å². The second-order valence-corrected chi connectivity index (χ2v) is 7.53. The van der Waals surface area contributed by atoms with Crippen LogP contribution in [-0.4, -0.2) is 18.2 Å². The van der Waals surface area contributed by atoms with E-state index in [1.807, 2.05) is 18.2 Å². The Morgan fingerprint density at radius 1 is 0.826 bits per heavy atom. The van der Waals surface area contributed by atoms with Crippen LogP contribution in [0.5, 0.6) is 0 Å². The lowest BCUT2D eigenvalue weighted by atomic mass is 9.97. The molecule has 4 heteroatoms. The quantitative estimate of drug-likeness (QED) is 0.594. The Morgan fingerprint density at radius 2 is 1.17 bits per heavy atom. The number of aryl methyl sites for hydroxylation is 1. The maximum atomic E-state index is 11.5. The summed E-state index contributed by atoms with van der Waals surface area (Å²) in [7, 11) is 0. The highest BCUT2D eigenvalue weighted by molar-refractivity contribution is 5.77. The Balaban J connectivity index is 0.000000568. The molecule has 0 N–H and O–H groups in total. The Bertz CT molecular complexity index is 464. The molecule has 0 bridgehead atoms. The summed E-state index contributed by atoms with van der Waals surface area (Å²) in [6, 6.07) is 10.3. The summed E-state index contributed by atoms with van der Waals surface area (Å²) < 4.78 is 10.00. The minimum atomic E-state index is -0.849. The van der Waals surface area contributed by atoms with E-state index in [1.54, 1.807) is 41.5 Å². The Morgan fingerprint density at radius 3 is 1.39 bits per heavy atom. The molecule has 0 aliphatic heterocycles. The summed E-state index contributed by atoms with van der Waals surface area (Å²) in [5.74, 6) is -0.775. The first-order valence-electron chi connectivity index (χ1n) is 7.78. The van der Waals surface area contributed by atoms with E-state index >= 15 is 0 Å². The summed E-state index contributed by atoms with van der Waals surface area (Å²) in [6.45, 7) is 14.1. The molecule has 0 radical (unpaired) electrons. The fraction of sp³-hybridized carbons (Fsp3) is 0.579. The van der Waals surface area contributed by atoms with E-state index in [-0.39, 0.29) is 11.9 Å². The number of hydrogen-bond acceptors (Lipinski definition) is 4. The van der Waals surface area contributed by atoms with Crippen molar-refractivity contribution in [3.63, 3.8) is 0 Å². The Labute approximate surface area is 140 Å². The van der Waals surface area contributed by atoms with Gasteiger partial charge in [-0.05, 0) is 48.5 Å². The van der Waals surface area contributed by atoms with Crippen LogP contribution >= 0.6 is 0 Å². The lowest BCUT2D eigenvalue weighted by molar-refractivity contribution is -0.195. The number of carbonyl (C=O) groups excluding carboxylic acids is 2. The van der Waals surface area contributed by atoms with E-state index in [0.29, 0.717) is 0 Å². The van der Waals surface area contributed by atoms with Crippen molar-refractivity contribution in [2.45, 2.75) is 61.7 Å². The maximum Gasteiger partial charge on any atom is 0.314 e. The van der Waals surface area contributed by atoms with Gasteiger partial charge in [0.2, 0.25) is 6.29 Å². The third-order valence-electron chi connectivity index (χ3n) is 2.71. The van der Waals surface area contributed by atoms with Crippen LogP contribution < -0.4 is 0 Å². The van der Waals surface area contributed by atoms with Crippen LogP contribution in [-0.2, 0) is 19.1 Å². The molecular formula is C19H30O4. The van der Waals surface area contributed by atoms with Gasteiger partial charge < -0.3 is 9.47 Å². The highest BCUT2D eigenvalue weighted by atomic mass is 16.7. The lowest BCUT2D eigenvalue weighted by Crippen LogP contribution is -2.32. The molecule has 0 fully saturated rings. The Kier molecular flexibility index (Phi) is 8.01. The molecule has 0 aliphatic rings. The molecule has 0 saturated carbocycles. The molecule has 0 unspecified atom stereocenters. The summed E-state index contributed by atoms with van der Waals surface area (Å²) in [4.78, 5) is 23.0. The molecule has 1 rings (SSSR count). The predicted octanol–water partition coefficient (Wildman–Crippen LogP) is 4.51. The second-order valence-electron chi connectivity index (χ2n) is 7.53. The molecule has 0 spiro atoms. The molecule has 23 heavy (non-hydrogen) atoms. The first-order valence-corrected chi connectivity index (χ1v) is 7.78. The van der Waals surface area contributed by atoms with E-state index in [4.69, 9.17) is 9.47 Å². The van der Waals surface area contributed by atoms with Gasteiger partial charge in [-0.25, -0.2) is 0 Å². The fourth-order valence-electron chi connectivity index (χ4n) is 1.21. The van der Waals surface area contributed by atoms with E-state index in [2.05, 4.69) is 19.1 Å². The first kappa shape index (κ1) is 21.2. The van der Waals surface area contributed by atoms with Gasteiger partial charge >= 0.3 is 11.9 Å². The van der Waals surface area contributed by atoms with Gasteiger partial charge in [0.1, 0.15) is 0 Å². The van der Waals surface area contributed by atoms with Gasteiger partial charge in [0.05, 0.1) is 10.8 Å². The Hall–Kier alpha value is -1.84. The molecule has 0 amide bonds. The van der Waals surface area contributed by atoms with Crippen molar-refractivity contribution in [3.8, 4) is 0 Å². The standard InChI is InChI=1S/C12H22O4.C7H8/c1-8(15-9(13)11(2,3)4)16-10(14)12(5,6)7;1-7-5-3-2-4-6-7/h8H,1-7H3;2-6H,1H3. The smallest absolute Gasteiger partial charge is 0.314 e. The average Bonchev–Trinajstić information content (AvgIpc) is 2.37. The van der Waals surface area contributed by atoms with Crippen molar-refractivity contribution < 1.29 is 19.1 Å². The molecule has 0 atom stereocenters. The molecule has 4 nitrogen and oxygen atoms in total. The zero-order valence-electron chi connectivity index (χ0n) is 15.6. The topological polar surface area (TPSA) is 52.6 Å². The SMILES string of the molecule is CC(OC(=O)C(C)(C)C)OC(=O)C(C)(C)C.Cc1ccccc1. The highest BCUT2D eigenvalue weighted by Gasteiger charge is 2.29. The monoisotopic (exact) mass is 322 g/mol. The predicted molar refractivity (Wildman–Crippen MR) is 91.7 cm³/mol. The van der Waals surface area contributed by atoms with Crippen molar-refractivity contribution in [3.05, 3.63) is 35.9 Å². The van der Waals surface area contributed by atoms with Gasteiger partial charge in [0.25, 0.3) is 0 Å². The molecule has 0 heterocycles. The number of benzene rings is 1. The van der Waals surface area contributed by atoms with Crippen molar-refractivity contribution in [1.29, 1.82) is 0 Å². The van der Waals surface area contributed by atoms with E-state index in [1.165, 1.54) is 12.5 Å². The van der Waals surface area contributed by atoms with Gasteiger partial charge in [-0.3, -0.25) is 9.59 Å². The third kappa shape index (κ3) is 9.72. The van der Waals surface area contributed by atoms with E-state index < -0.39 is 17.1 Å². The molecular weight excluding hydrogens is 292 g/mol. The van der Waals surface area contributed by atoms with Crippen LogP contribution in [0.15, 0.2) is 30.3 Å².